The Hall–Kier alpha value is -0.920. The van der Waals surface area contributed by atoms with E-state index >= 15 is 0 Å². The number of benzene rings is 1. The van der Waals surface area contributed by atoms with Crippen molar-refractivity contribution in [3.05, 3.63) is 35.4 Å². The molecule has 0 N–H and O–H groups in total. The summed E-state index contributed by atoms with van der Waals surface area (Å²) >= 11 is 0. The van der Waals surface area contributed by atoms with Gasteiger partial charge in [-0.1, -0.05) is 51.9 Å². The zero-order valence-corrected chi connectivity index (χ0v) is 15.8. The van der Waals surface area contributed by atoms with Gasteiger partial charge in [0.05, 0.1) is 0 Å². The fourth-order valence-corrected chi connectivity index (χ4v) is 5.40. The van der Waals surface area contributed by atoms with E-state index in [9.17, 15) is 8.78 Å². The second-order valence-electron chi connectivity index (χ2n) is 8.61. The average Bonchev–Trinajstić information content (AvgIpc) is 2.60. The molecule has 0 aromatic heterocycles. The summed E-state index contributed by atoms with van der Waals surface area (Å²) < 4.78 is 27.0. The molecule has 0 spiro atoms. The predicted molar refractivity (Wildman–Crippen MR) is 101 cm³/mol. The highest BCUT2D eigenvalue weighted by atomic mass is 19.1. The van der Waals surface area contributed by atoms with Gasteiger partial charge in [-0.15, -0.1) is 0 Å². The predicted octanol–water partition coefficient (Wildman–Crippen LogP) is 7.63. The van der Waals surface area contributed by atoms with Gasteiger partial charge in [0, 0.05) is 6.07 Å². The first-order valence-electron chi connectivity index (χ1n) is 10.6. The van der Waals surface area contributed by atoms with Gasteiger partial charge in [0.2, 0.25) is 0 Å². The topological polar surface area (TPSA) is 0 Å². The van der Waals surface area contributed by atoms with Crippen molar-refractivity contribution in [2.45, 2.75) is 89.9 Å². The molecule has 3 rings (SSSR count). The van der Waals surface area contributed by atoms with Crippen LogP contribution in [0.5, 0.6) is 0 Å². The molecule has 0 radical (unpaired) electrons. The molecule has 2 fully saturated rings. The maximum atomic E-state index is 13.5. The standard InChI is InChI=1S/C23H34F2/c1-2-3-4-5-6-7-17-8-9-19-13-20(11-10-18(19)12-17)21-14-22(24)16-23(25)15-21/h14-20H,2-13H2,1H3. The molecule has 0 bridgehead atoms. The molecule has 0 amide bonds. The van der Waals surface area contributed by atoms with Gasteiger partial charge in [0.25, 0.3) is 0 Å². The quantitative estimate of drug-likeness (QED) is 0.444. The lowest BCUT2D eigenvalue weighted by Crippen LogP contribution is -2.30. The van der Waals surface area contributed by atoms with Crippen LogP contribution in [0.4, 0.5) is 8.78 Å². The Labute approximate surface area is 152 Å². The molecule has 2 aliphatic carbocycles. The van der Waals surface area contributed by atoms with E-state index in [0.717, 1.165) is 42.2 Å². The molecule has 2 saturated carbocycles. The molecule has 4 unspecified atom stereocenters. The Balaban J connectivity index is 1.47. The van der Waals surface area contributed by atoms with Crippen LogP contribution in [0.1, 0.15) is 95.5 Å². The van der Waals surface area contributed by atoms with Crippen LogP contribution in [-0.2, 0) is 0 Å². The van der Waals surface area contributed by atoms with Crippen LogP contribution in [-0.4, -0.2) is 0 Å². The molecule has 4 atom stereocenters. The van der Waals surface area contributed by atoms with Crippen molar-refractivity contribution < 1.29 is 8.78 Å². The van der Waals surface area contributed by atoms with Crippen LogP contribution in [0.25, 0.3) is 0 Å². The van der Waals surface area contributed by atoms with Crippen molar-refractivity contribution in [2.24, 2.45) is 17.8 Å². The summed E-state index contributed by atoms with van der Waals surface area (Å²) in [7, 11) is 0. The van der Waals surface area contributed by atoms with Crippen molar-refractivity contribution in [2.75, 3.05) is 0 Å². The van der Waals surface area contributed by atoms with Gasteiger partial charge in [-0.3, -0.25) is 0 Å². The van der Waals surface area contributed by atoms with Gasteiger partial charge in [0.1, 0.15) is 11.6 Å². The molecular weight excluding hydrogens is 314 g/mol. The van der Waals surface area contributed by atoms with E-state index in [1.165, 1.54) is 64.2 Å². The third-order valence-corrected chi connectivity index (χ3v) is 6.79. The lowest BCUT2D eigenvalue weighted by molar-refractivity contribution is 0.113. The van der Waals surface area contributed by atoms with Crippen LogP contribution in [0.15, 0.2) is 18.2 Å². The highest BCUT2D eigenvalue weighted by Gasteiger charge is 2.35. The Morgan fingerprint density at radius 2 is 1.48 bits per heavy atom. The normalized spacial score (nSPS) is 29.4. The number of halogens is 2. The Morgan fingerprint density at radius 1 is 0.800 bits per heavy atom. The smallest absolute Gasteiger partial charge is 0.126 e. The first-order valence-corrected chi connectivity index (χ1v) is 10.6. The third kappa shape index (κ3) is 5.28. The Morgan fingerprint density at radius 3 is 2.24 bits per heavy atom. The highest BCUT2D eigenvalue weighted by Crippen LogP contribution is 2.48. The van der Waals surface area contributed by atoms with Crippen molar-refractivity contribution in [3.8, 4) is 0 Å². The lowest BCUT2D eigenvalue weighted by atomic mass is 9.63. The summed E-state index contributed by atoms with van der Waals surface area (Å²) in [5, 5.41) is 0. The Bertz CT molecular complexity index is 519. The van der Waals surface area contributed by atoms with Gasteiger partial charge in [-0.05, 0) is 73.5 Å². The highest BCUT2D eigenvalue weighted by molar-refractivity contribution is 5.22. The van der Waals surface area contributed by atoms with Crippen LogP contribution in [0, 0.1) is 29.4 Å². The molecule has 1 aromatic rings. The second-order valence-corrected chi connectivity index (χ2v) is 8.61. The van der Waals surface area contributed by atoms with Gasteiger partial charge < -0.3 is 0 Å². The van der Waals surface area contributed by atoms with E-state index in [-0.39, 0.29) is 0 Å². The van der Waals surface area contributed by atoms with Crippen LogP contribution >= 0.6 is 0 Å². The SMILES string of the molecule is CCCCCCCC1CCC2CC(c3cc(F)cc(F)c3)CCC2C1. The monoisotopic (exact) mass is 348 g/mol. The summed E-state index contributed by atoms with van der Waals surface area (Å²) in [4.78, 5) is 0. The van der Waals surface area contributed by atoms with Gasteiger partial charge in [0.15, 0.2) is 0 Å². The van der Waals surface area contributed by atoms with E-state index < -0.39 is 11.6 Å². The van der Waals surface area contributed by atoms with Crippen molar-refractivity contribution >= 4 is 0 Å². The second kappa shape index (κ2) is 9.14. The summed E-state index contributed by atoms with van der Waals surface area (Å²) in [5.41, 5.74) is 0.883. The molecule has 2 aliphatic rings. The van der Waals surface area contributed by atoms with E-state index in [1.54, 1.807) is 12.1 Å². The maximum absolute atomic E-state index is 13.5. The van der Waals surface area contributed by atoms with Gasteiger partial charge in [-0.2, -0.15) is 0 Å². The molecule has 0 heterocycles. The minimum atomic E-state index is -0.427. The molecule has 0 aliphatic heterocycles. The lowest BCUT2D eigenvalue weighted by Gasteiger charge is -2.42. The molecule has 1 aromatic carbocycles. The first kappa shape index (κ1) is 18.9. The average molecular weight is 349 g/mol. The van der Waals surface area contributed by atoms with Gasteiger partial charge >= 0.3 is 0 Å². The van der Waals surface area contributed by atoms with Crippen molar-refractivity contribution in [3.63, 3.8) is 0 Å². The fourth-order valence-electron chi connectivity index (χ4n) is 5.40. The summed E-state index contributed by atoms with van der Waals surface area (Å²) in [6.07, 6.45) is 16.0. The number of hydrogen-bond donors (Lipinski definition) is 0. The summed E-state index contributed by atoms with van der Waals surface area (Å²) in [6.45, 7) is 2.27. The van der Waals surface area contributed by atoms with E-state index in [1.807, 2.05) is 0 Å². The van der Waals surface area contributed by atoms with E-state index in [2.05, 4.69) is 6.92 Å². The van der Waals surface area contributed by atoms with Crippen molar-refractivity contribution in [1.29, 1.82) is 0 Å². The van der Waals surface area contributed by atoms with Crippen molar-refractivity contribution in [1.82, 2.24) is 0 Å². The minimum Gasteiger partial charge on any atom is -0.207 e. The van der Waals surface area contributed by atoms with E-state index in [4.69, 9.17) is 0 Å². The molecule has 0 saturated heterocycles. The summed E-state index contributed by atoms with van der Waals surface area (Å²) in [5.74, 6) is 2.08. The van der Waals surface area contributed by atoms with E-state index in [0.29, 0.717) is 5.92 Å². The molecule has 25 heavy (non-hydrogen) atoms. The zero-order valence-electron chi connectivity index (χ0n) is 15.8. The minimum absolute atomic E-state index is 0.358. The molecule has 140 valence electrons. The summed E-state index contributed by atoms with van der Waals surface area (Å²) in [6, 6.07) is 4.09. The van der Waals surface area contributed by atoms with Crippen LogP contribution in [0.3, 0.4) is 0 Å². The van der Waals surface area contributed by atoms with Gasteiger partial charge in [-0.25, -0.2) is 8.78 Å². The number of unbranched alkanes of at least 4 members (excludes halogenated alkanes) is 4. The molecule has 2 heteroatoms. The molecule has 0 nitrogen and oxygen atoms in total. The van der Waals surface area contributed by atoms with Crippen LogP contribution in [0.2, 0.25) is 0 Å². The maximum Gasteiger partial charge on any atom is 0.126 e. The largest absolute Gasteiger partial charge is 0.207 e. The van der Waals surface area contributed by atoms with Crippen LogP contribution < -0.4 is 0 Å². The fraction of sp³-hybridized carbons (Fsp3) is 0.739. The Kier molecular flexibility index (Phi) is 6.90. The zero-order chi connectivity index (χ0) is 17.6. The third-order valence-electron chi connectivity index (χ3n) is 6.79. The molecular formula is C23H34F2. The first-order chi connectivity index (χ1) is 12.2. The number of rotatable bonds is 7. The number of hydrogen-bond acceptors (Lipinski definition) is 0. The number of fused-ring (bicyclic) bond motifs is 1.